The van der Waals surface area contributed by atoms with Gasteiger partial charge in [0.2, 0.25) is 0 Å². The first kappa shape index (κ1) is 21.4. The lowest BCUT2D eigenvalue weighted by Gasteiger charge is -2.34. The number of nitrogens with one attached hydrogen (secondary N) is 1. The number of hydrogen-bond acceptors (Lipinski definition) is 6. The van der Waals surface area contributed by atoms with E-state index in [-0.39, 0.29) is 0 Å². The van der Waals surface area contributed by atoms with Crippen LogP contribution in [0.4, 0.5) is 10.5 Å². The minimum absolute atomic E-state index is 0.295. The van der Waals surface area contributed by atoms with Crippen molar-refractivity contribution < 1.29 is 10.0 Å². The summed E-state index contributed by atoms with van der Waals surface area (Å²) in [5.74, 6) is 0. The lowest BCUT2D eigenvalue weighted by Crippen LogP contribution is -2.54. The molecule has 1 saturated heterocycles. The number of thiocarbonyl (C=S) groups is 1. The Morgan fingerprint density at radius 2 is 2.14 bits per heavy atom. The number of hydrazone groups is 1. The fraction of sp³-hybridized carbons (Fsp3) is 0.235. The van der Waals surface area contributed by atoms with Crippen molar-refractivity contribution in [1.29, 1.82) is 0 Å². The first-order chi connectivity index (χ1) is 13.2. The van der Waals surface area contributed by atoms with Gasteiger partial charge < -0.3 is 5.32 Å². The molecule has 1 aliphatic rings. The number of rotatable bonds is 4. The van der Waals surface area contributed by atoms with Crippen LogP contribution >= 0.6 is 58.5 Å². The number of hydroxylamine groups is 2. The first-order valence-electron chi connectivity index (χ1n) is 8.03. The summed E-state index contributed by atoms with van der Waals surface area (Å²) >= 11 is 20.2. The number of carbonyl (C=O) groups excluding carboxylic acids is 1. The van der Waals surface area contributed by atoms with Gasteiger partial charge in [0.1, 0.15) is 0 Å². The number of urea groups is 1. The van der Waals surface area contributed by atoms with Gasteiger partial charge in [0.05, 0.1) is 21.0 Å². The number of anilines is 1. The molecule has 11 heteroatoms. The Morgan fingerprint density at radius 1 is 1.39 bits per heavy atom. The molecule has 6 nitrogen and oxygen atoms in total. The van der Waals surface area contributed by atoms with Gasteiger partial charge in [-0.25, -0.2) is 9.80 Å². The lowest BCUT2D eigenvalue weighted by atomic mass is 10.1. The van der Waals surface area contributed by atoms with Crippen LogP contribution in [0.15, 0.2) is 40.8 Å². The second-order valence-corrected chi connectivity index (χ2v) is 10.4. The molecule has 0 saturated carbocycles. The molecule has 3 rings (SSSR count). The normalized spacial score (nSPS) is 18.7. The number of thiophene rings is 1. The molecular formula is C17H16Cl2N4O2S3. The standard InChI is InChI=1S/C17H16Cl2N4O2S3/c1-17(2)14(22(16(26)28-17)20-9-11-4-3-7-27-11)23(25)15(24)21-10-5-6-12(18)13(19)8-10/h3-9,14,25H,1-2H3,(H,21,24)/b20-9-/t14-/m1/s1. The number of benzene rings is 1. The summed E-state index contributed by atoms with van der Waals surface area (Å²) in [6.45, 7) is 3.76. The number of halogens is 2. The van der Waals surface area contributed by atoms with Crippen molar-refractivity contribution in [2.45, 2.75) is 24.8 Å². The van der Waals surface area contributed by atoms with Gasteiger partial charge >= 0.3 is 6.03 Å². The molecule has 2 N–H and O–H groups in total. The smallest absolute Gasteiger partial charge is 0.306 e. The van der Waals surface area contributed by atoms with E-state index in [9.17, 15) is 10.0 Å². The fourth-order valence-electron chi connectivity index (χ4n) is 2.58. The quantitative estimate of drug-likeness (QED) is 0.255. The molecule has 28 heavy (non-hydrogen) atoms. The van der Waals surface area contributed by atoms with Gasteiger partial charge in [-0.3, -0.25) is 5.21 Å². The molecule has 0 spiro atoms. The molecule has 2 amide bonds. The van der Waals surface area contributed by atoms with Crippen molar-refractivity contribution in [2.75, 3.05) is 5.32 Å². The molecule has 1 fully saturated rings. The van der Waals surface area contributed by atoms with Crippen molar-refractivity contribution >= 4 is 80.8 Å². The van der Waals surface area contributed by atoms with Crippen molar-refractivity contribution in [3.05, 3.63) is 50.6 Å². The maximum Gasteiger partial charge on any atom is 0.347 e. The number of amides is 2. The van der Waals surface area contributed by atoms with E-state index >= 15 is 0 Å². The van der Waals surface area contributed by atoms with Crippen LogP contribution in [0.3, 0.4) is 0 Å². The number of thioether (sulfide) groups is 1. The second kappa shape index (κ2) is 8.56. The fourth-order valence-corrected chi connectivity index (χ4v) is 5.24. The Bertz CT molecular complexity index is 921. The molecule has 0 unspecified atom stereocenters. The molecule has 1 aromatic heterocycles. The van der Waals surface area contributed by atoms with Gasteiger partial charge in [0.25, 0.3) is 0 Å². The molecule has 1 aromatic carbocycles. The zero-order valence-electron chi connectivity index (χ0n) is 14.8. The number of carbonyl (C=O) groups is 1. The Hall–Kier alpha value is -1.36. The van der Waals surface area contributed by atoms with Crippen LogP contribution in [-0.2, 0) is 0 Å². The van der Waals surface area contributed by atoms with Crippen LogP contribution in [0.25, 0.3) is 0 Å². The maximum atomic E-state index is 12.6. The van der Waals surface area contributed by atoms with E-state index in [0.29, 0.717) is 25.1 Å². The van der Waals surface area contributed by atoms with E-state index in [0.717, 1.165) is 4.88 Å². The molecule has 1 aliphatic heterocycles. The third-order valence-corrected chi connectivity index (χ3v) is 6.94. The summed E-state index contributed by atoms with van der Waals surface area (Å²) in [6.07, 6.45) is 0.848. The zero-order valence-corrected chi connectivity index (χ0v) is 18.8. The van der Waals surface area contributed by atoms with Gasteiger partial charge in [-0.05, 0) is 43.5 Å². The average Bonchev–Trinajstić information content (AvgIpc) is 3.21. The third kappa shape index (κ3) is 4.61. The largest absolute Gasteiger partial charge is 0.347 e. The Kier molecular flexibility index (Phi) is 6.53. The summed E-state index contributed by atoms with van der Waals surface area (Å²) in [6, 6.07) is 7.73. The topological polar surface area (TPSA) is 68.2 Å². The van der Waals surface area contributed by atoms with Crippen LogP contribution in [-0.4, -0.2) is 42.8 Å². The van der Waals surface area contributed by atoms with Gasteiger partial charge in [0, 0.05) is 10.6 Å². The molecule has 148 valence electrons. The van der Waals surface area contributed by atoms with Gasteiger partial charge in [-0.1, -0.05) is 53.2 Å². The number of nitrogens with zero attached hydrogens (tertiary/aromatic N) is 3. The van der Waals surface area contributed by atoms with E-state index in [1.807, 2.05) is 31.4 Å². The van der Waals surface area contributed by atoms with Crippen LogP contribution in [0.5, 0.6) is 0 Å². The summed E-state index contributed by atoms with van der Waals surface area (Å²) in [5.41, 5.74) is 0.401. The molecular weight excluding hydrogens is 459 g/mol. The molecule has 2 heterocycles. The van der Waals surface area contributed by atoms with Crippen molar-refractivity contribution in [2.24, 2.45) is 5.10 Å². The average molecular weight is 475 g/mol. The minimum atomic E-state index is -0.802. The second-order valence-electron chi connectivity index (χ2n) is 6.35. The molecule has 0 aliphatic carbocycles. The summed E-state index contributed by atoms with van der Waals surface area (Å²) in [7, 11) is 0. The highest BCUT2D eigenvalue weighted by Crippen LogP contribution is 2.42. The lowest BCUT2D eigenvalue weighted by molar-refractivity contribution is -0.114. The zero-order chi connectivity index (χ0) is 20.5. The van der Waals surface area contributed by atoms with Crippen molar-refractivity contribution in [3.63, 3.8) is 0 Å². The Labute approximate surface area is 186 Å². The minimum Gasteiger partial charge on any atom is -0.306 e. The maximum absolute atomic E-state index is 12.6. The van der Waals surface area contributed by atoms with Crippen LogP contribution in [0.2, 0.25) is 10.0 Å². The SMILES string of the molecule is CC1(C)SC(=S)N(/N=C\c2cccs2)[C@@H]1N(O)C(=O)Nc1ccc(Cl)c(Cl)c1. The molecule has 0 radical (unpaired) electrons. The van der Waals surface area contributed by atoms with Gasteiger partial charge in [0.15, 0.2) is 10.5 Å². The van der Waals surface area contributed by atoms with Crippen LogP contribution < -0.4 is 5.32 Å². The third-order valence-electron chi connectivity index (χ3n) is 3.85. The highest BCUT2D eigenvalue weighted by molar-refractivity contribution is 8.24. The van der Waals surface area contributed by atoms with Gasteiger partial charge in [-0.2, -0.15) is 10.2 Å². The van der Waals surface area contributed by atoms with E-state index in [1.54, 1.807) is 18.3 Å². The summed E-state index contributed by atoms with van der Waals surface area (Å²) in [5, 5.41) is 22.3. The Balaban J connectivity index is 1.81. The predicted octanol–water partition coefficient (Wildman–Crippen LogP) is 5.75. The Morgan fingerprint density at radius 3 is 2.79 bits per heavy atom. The molecule has 0 bridgehead atoms. The summed E-state index contributed by atoms with van der Waals surface area (Å²) in [4.78, 5) is 13.6. The predicted molar refractivity (Wildman–Crippen MR) is 121 cm³/mol. The van der Waals surface area contributed by atoms with Crippen molar-refractivity contribution in [3.8, 4) is 0 Å². The van der Waals surface area contributed by atoms with E-state index in [2.05, 4.69) is 10.4 Å². The molecule has 2 aromatic rings. The van der Waals surface area contributed by atoms with E-state index < -0.39 is 16.9 Å². The van der Waals surface area contributed by atoms with E-state index in [4.69, 9.17) is 35.4 Å². The van der Waals surface area contributed by atoms with Gasteiger partial charge in [-0.15, -0.1) is 11.3 Å². The highest BCUT2D eigenvalue weighted by atomic mass is 35.5. The molecule has 1 atom stereocenters. The number of hydrogen-bond donors (Lipinski definition) is 2. The monoisotopic (exact) mass is 474 g/mol. The van der Waals surface area contributed by atoms with Crippen molar-refractivity contribution in [1.82, 2.24) is 10.1 Å². The van der Waals surface area contributed by atoms with E-state index in [1.165, 1.54) is 34.2 Å². The van der Waals surface area contributed by atoms with Crippen LogP contribution in [0, 0.1) is 0 Å². The van der Waals surface area contributed by atoms with Crippen LogP contribution in [0.1, 0.15) is 18.7 Å². The first-order valence-corrected chi connectivity index (χ1v) is 10.9. The highest BCUT2D eigenvalue weighted by Gasteiger charge is 2.50. The summed E-state index contributed by atoms with van der Waals surface area (Å²) < 4.78 is -0.127.